The molecule has 150 valence electrons. The lowest BCUT2D eigenvalue weighted by atomic mass is 9.97. The zero-order valence-electron chi connectivity index (χ0n) is 15.6. The number of likely N-dealkylation sites (tertiary alicyclic amines) is 1. The molecule has 2 heterocycles. The van der Waals surface area contributed by atoms with Crippen LogP contribution in [0.2, 0.25) is 0 Å². The van der Waals surface area contributed by atoms with Crippen molar-refractivity contribution in [1.29, 1.82) is 0 Å². The van der Waals surface area contributed by atoms with Gasteiger partial charge >= 0.3 is 0 Å². The molecule has 2 aromatic rings. The molecule has 4 rings (SSSR count). The molecule has 0 spiro atoms. The fourth-order valence-corrected chi connectivity index (χ4v) is 3.97. The molecule has 0 radical (unpaired) electrons. The van der Waals surface area contributed by atoms with Crippen LogP contribution in [0, 0.1) is 17.6 Å². The highest BCUT2D eigenvalue weighted by Gasteiger charge is 2.44. The second-order valence-electron chi connectivity index (χ2n) is 7.27. The number of amides is 2. The lowest BCUT2D eigenvalue weighted by molar-refractivity contribution is -0.121. The van der Waals surface area contributed by atoms with Crippen LogP contribution in [0.3, 0.4) is 0 Å². The van der Waals surface area contributed by atoms with Gasteiger partial charge in [-0.25, -0.2) is 13.7 Å². The normalized spacial score (nSPS) is 20.0. The first-order valence-corrected chi connectivity index (χ1v) is 9.50. The average molecular weight is 398 g/mol. The second kappa shape index (κ2) is 7.75. The fourth-order valence-electron chi connectivity index (χ4n) is 3.97. The van der Waals surface area contributed by atoms with Gasteiger partial charge in [0.25, 0.3) is 11.8 Å². The number of rotatable bonds is 4. The van der Waals surface area contributed by atoms with Gasteiger partial charge in [0.05, 0.1) is 11.3 Å². The Hall–Kier alpha value is -3.06. The largest absolute Gasteiger partial charge is 0.396 e. The number of hydrogen-bond donors (Lipinski definition) is 1. The highest BCUT2D eigenvalue weighted by Crippen LogP contribution is 2.37. The van der Waals surface area contributed by atoms with E-state index in [4.69, 9.17) is 0 Å². The first-order chi connectivity index (χ1) is 14.0. The van der Waals surface area contributed by atoms with Crippen LogP contribution in [-0.4, -0.2) is 41.5 Å². The number of aliphatic hydroxyl groups is 1. The summed E-state index contributed by atoms with van der Waals surface area (Å²) in [5.74, 6) is -2.98. The van der Waals surface area contributed by atoms with Gasteiger partial charge in [0.2, 0.25) is 0 Å². The number of anilines is 1. The highest BCUT2D eigenvalue weighted by atomic mass is 19.1. The maximum Gasteiger partial charge on any atom is 0.282 e. The molecule has 0 aliphatic carbocycles. The van der Waals surface area contributed by atoms with Gasteiger partial charge < -0.3 is 10.0 Å². The topological polar surface area (TPSA) is 60.9 Å². The number of aliphatic hydroxyl groups excluding tert-OH is 1. The summed E-state index contributed by atoms with van der Waals surface area (Å²) in [5, 5.41) is 9.55. The molecule has 1 atom stereocenters. The van der Waals surface area contributed by atoms with Gasteiger partial charge in [-0.05, 0) is 36.5 Å². The van der Waals surface area contributed by atoms with Gasteiger partial charge in [-0.3, -0.25) is 9.59 Å². The summed E-state index contributed by atoms with van der Waals surface area (Å²) in [5.41, 5.74) is 0.464. The summed E-state index contributed by atoms with van der Waals surface area (Å²) >= 11 is 0. The van der Waals surface area contributed by atoms with Gasteiger partial charge in [0.1, 0.15) is 17.3 Å². The van der Waals surface area contributed by atoms with Crippen LogP contribution in [0.4, 0.5) is 14.5 Å². The van der Waals surface area contributed by atoms with Crippen LogP contribution in [-0.2, 0) is 9.59 Å². The predicted molar refractivity (Wildman–Crippen MR) is 104 cm³/mol. The van der Waals surface area contributed by atoms with E-state index in [9.17, 15) is 23.5 Å². The van der Waals surface area contributed by atoms with Crippen molar-refractivity contribution in [2.75, 3.05) is 24.6 Å². The molecule has 1 unspecified atom stereocenters. The summed E-state index contributed by atoms with van der Waals surface area (Å²) in [7, 11) is 0. The zero-order valence-corrected chi connectivity index (χ0v) is 15.6. The van der Waals surface area contributed by atoms with Gasteiger partial charge in [0.15, 0.2) is 0 Å². The molecule has 2 aliphatic heterocycles. The third kappa shape index (κ3) is 3.42. The molecule has 5 nitrogen and oxygen atoms in total. The number of halogens is 2. The maximum atomic E-state index is 14.4. The van der Waals surface area contributed by atoms with Crippen molar-refractivity contribution < 1.29 is 23.5 Å². The average Bonchev–Trinajstić information content (AvgIpc) is 3.00. The van der Waals surface area contributed by atoms with E-state index in [1.54, 1.807) is 35.2 Å². The Bertz CT molecular complexity index is 991. The van der Waals surface area contributed by atoms with Crippen LogP contribution >= 0.6 is 0 Å². The van der Waals surface area contributed by atoms with Crippen LogP contribution in [0.15, 0.2) is 54.2 Å². The van der Waals surface area contributed by atoms with E-state index in [1.807, 2.05) is 0 Å². The monoisotopic (exact) mass is 398 g/mol. The second-order valence-corrected chi connectivity index (χ2v) is 7.27. The molecule has 1 N–H and O–H groups in total. The standard InChI is InChI=1S/C22H20F2N2O3/c23-16-8-9-17(24)18(11-16)26-21(28)19(15-6-2-1-3-7-15)20(22(26)29)25-10-4-5-14(12-25)13-27/h1-3,6-9,11,14,27H,4-5,10,12-13H2. The van der Waals surface area contributed by atoms with Crippen molar-refractivity contribution in [3.63, 3.8) is 0 Å². The van der Waals surface area contributed by atoms with Crippen LogP contribution in [0.1, 0.15) is 18.4 Å². The minimum absolute atomic E-state index is 0.0175. The Kier molecular flexibility index (Phi) is 5.15. The molecule has 1 fully saturated rings. The minimum atomic E-state index is -0.853. The van der Waals surface area contributed by atoms with Crippen LogP contribution < -0.4 is 4.90 Å². The molecular formula is C22H20F2N2O3. The lowest BCUT2D eigenvalue weighted by Gasteiger charge is -2.34. The van der Waals surface area contributed by atoms with Crippen molar-refractivity contribution in [1.82, 2.24) is 4.90 Å². The first kappa shape index (κ1) is 19.3. The van der Waals surface area contributed by atoms with Crippen molar-refractivity contribution in [2.45, 2.75) is 12.8 Å². The third-order valence-corrected chi connectivity index (χ3v) is 5.36. The summed E-state index contributed by atoms with van der Waals surface area (Å²) in [6.07, 6.45) is 1.58. The molecule has 0 aromatic heterocycles. The molecule has 2 amide bonds. The predicted octanol–water partition coefficient (Wildman–Crippen LogP) is 2.95. The van der Waals surface area contributed by atoms with Crippen molar-refractivity contribution in [2.24, 2.45) is 5.92 Å². The molecule has 7 heteroatoms. The fraction of sp³-hybridized carbons (Fsp3) is 0.273. The Balaban J connectivity index is 1.83. The molecule has 29 heavy (non-hydrogen) atoms. The highest BCUT2D eigenvalue weighted by molar-refractivity contribution is 6.45. The molecule has 2 aliphatic rings. The van der Waals surface area contributed by atoms with Gasteiger partial charge in [-0.2, -0.15) is 0 Å². The summed E-state index contributed by atoms with van der Waals surface area (Å²) < 4.78 is 28.2. The number of carbonyl (C=O) groups is 2. The van der Waals surface area contributed by atoms with Crippen molar-refractivity contribution in [3.8, 4) is 0 Å². The Labute approximate surface area is 166 Å². The molecule has 2 aromatic carbocycles. The lowest BCUT2D eigenvalue weighted by Crippen LogP contribution is -2.40. The molecule has 0 bridgehead atoms. The number of piperidine rings is 1. The Morgan fingerprint density at radius 3 is 2.52 bits per heavy atom. The SMILES string of the molecule is O=C1C(c2ccccc2)=C(N2CCCC(CO)C2)C(=O)N1c1cc(F)ccc1F. The van der Waals surface area contributed by atoms with Crippen LogP contribution in [0.5, 0.6) is 0 Å². The molecular weight excluding hydrogens is 378 g/mol. The number of carbonyl (C=O) groups excluding carboxylic acids is 2. The number of hydrogen-bond acceptors (Lipinski definition) is 4. The van der Waals surface area contributed by atoms with Crippen molar-refractivity contribution >= 4 is 23.1 Å². The van der Waals surface area contributed by atoms with Gasteiger partial charge in [-0.15, -0.1) is 0 Å². The van der Waals surface area contributed by atoms with Gasteiger partial charge in [0, 0.05) is 25.8 Å². The number of nitrogens with zero attached hydrogens (tertiary/aromatic N) is 2. The van der Waals surface area contributed by atoms with Crippen molar-refractivity contribution in [3.05, 3.63) is 71.4 Å². The van der Waals surface area contributed by atoms with E-state index < -0.39 is 29.1 Å². The summed E-state index contributed by atoms with van der Waals surface area (Å²) in [6, 6.07) is 11.4. The molecule has 0 saturated carbocycles. The van der Waals surface area contributed by atoms with E-state index in [2.05, 4.69) is 0 Å². The third-order valence-electron chi connectivity index (χ3n) is 5.36. The summed E-state index contributed by atoms with van der Waals surface area (Å²) in [4.78, 5) is 29.1. The Morgan fingerprint density at radius 2 is 1.79 bits per heavy atom. The van der Waals surface area contributed by atoms with E-state index >= 15 is 0 Å². The van der Waals surface area contributed by atoms with E-state index in [1.165, 1.54) is 0 Å². The van der Waals surface area contributed by atoms with E-state index in [-0.39, 0.29) is 23.8 Å². The zero-order chi connectivity index (χ0) is 20.5. The van der Waals surface area contributed by atoms with E-state index in [0.717, 1.165) is 31.0 Å². The first-order valence-electron chi connectivity index (χ1n) is 9.50. The van der Waals surface area contributed by atoms with Crippen LogP contribution in [0.25, 0.3) is 5.57 Å². The van der Waals surface area contributed by atoms with E-state index in [0.29, 0.717) is 23.6 Å². The maximum absolute atomic E-state index is 14.4. The Morgan fingerprint density at radius 1 is 1.03 bits per heavy atom. The quantitative estimate of drug-likeness (QED) is 0.805. The number of benzene rings is 2. The summed E-state index contributed by atoms with van der Waals surface area (Å²) in [6.45, 7) is 0.941. The number of imide groups is 1. The molecule has 1 saturated heterocycles. The minimum Gasteiger partial charge on any atom is -0.396 e. The smallest absolute Gasteiger partial charge is 0.282 e. The van der Waals surface area contributed by atoms with Gasteiger partial charge in [-0.1, -0.05) is 30.3 Å².